The zero-order valence-corrected chi connectivity index (χ0v) is 20.7. The third-order valence-corrected chi connectivity index (χ3v) is 7.53. The van der Waals surface area contributed by atoms with Gasteiger partial charge in [-0.15, -0.1) is 0 Å². The van der Waals surface area contributed by atoms with Crippen LogP contribution in [0.1, 0.15) is 64.2 Å². The molecule has 0 aliphatic heterocycles. The van der Waals surface area contributed by atoms with Gasteiger partial charge in [0.05, 0.1) is 30.8 Å². The lowest BCUT2D eigenvalue weighted by Crippen LogP contribution is -2.64. The quantitative estimate of drug-likeness (QED) is 0.193. The molecule has 32 heavy (non-hydrogen) atoms. The fraction of sp³-hybridized carbons (Fsp3) is 1.00. The molecule has 0 heterocycles. The minimum Gasteiger partial charge on any atom is -0.395 e. The highest BCUT2D eigenvalue weighted by atomic mass is 31.2. The van der Waals surface area contributed by atoms with Gasteiger partial charge in [-0.25, -0.2) is 4.31 Å². The Morgan fingerprint density at radius 2 is 0.875 bits per heavy atom. The van der Waals surface area contributed by atoms with Gasteiger partial charge in [0.1, 0.15) is 0 Å². The minimum absolute atomic E-state index is 0.0841. The van der Waals surface area contributed by atoms with Gasteiger partial charge in [-0.2, -0.15) is 0 Å². The van der Waals surface area contributed by atoms with Crippen LogP contribution in [0.4, 0.5) is 0 Å². The molecule has 2 aliphatic carbocycles. The van der Waals surface area contributed by atoms with E-state index in [4.69, 9.17) is 34.3 Å². The largest absolute Gasteiger partial charge is 0.395 e. The smallest absolute Gasteiger partial charge is 0.334 e. The van der Waals surface area contributed by atoms with Crippen molar-refractivity contribution >= 4 is 25.8 Å². The highest BCUT2D eigenvalue weighted by Gasteiger charge is 2.57. The highest BCUT2D eigenvalue weighted by molar-refractivity contribution is 7.53. The molecule has 0 unspecified atom stereocenters. The SMILES string of the molecule is OCC(CO)(CO)C(O)(C1CCCCC1)C1CCCCC1.OP(O)O.OP(O)OP(O)O. The van der Waals surface area contributed by atoms with E-state index in [1.165, 1.54) is 12.8 Å². The summed E-state index contributed by atoms with van der Waals surface area (Å²) in [5, 5.41) is 41.4. The van der Waals surface area contributed by atoms with Crippen molar-refractivity contribution in [3.05, 3.63) is 0 Å². The summed E-state index contributed by atoms with van der Waals surface area (Å²) in [6.45, 7) is -1.07. The topological polar surface area (TPSA) is 232 Å². The average molecular weight is 528 g/mol. The lowest BCUT2D eigenvalue weighted by Gasteiger charge is -2.55. The maximum Gasteiger partial charge on any atom is 0.334 e. The van der Waals surface area contributed by atoms with Crippen LogP contribution in [0, 0.1) is 17.3 Å². The van der Waals surface area contributed by atoms with Crippen LogP contribution in [0.15, 0.2) is 0 Å². The molecule has 11 N–H and O–H groups in total. The van der Waals surface area contributed by atoms with Crippen molar-refractivity contribution in [3.63, 3.8) is 0 Å². The zero-order valence-electron chi connectivity index (χ0n) is 18.0. The Labute approximate surface area is 192 Å². The van der Waals surface area contributed by atoms with E-state index in [1.807, 2.05) is 0 Å². The summed E-state index contributed by atoms with van der Waals surface area (Å²) in [6.07, 6.45) is 10.5. The van der Waals surface area contributed by atoms with E-state index in [-0.39, 0.29) is 31.7 Å². The summed E-state index contributed by atoms with van der Waals surface area (Å²) in [5.74, 6) is 0.168. The van der Waals surface area contributed by atoms with Crippen molar-refractivity contribution in [2.24, 2.45) is 17.3 Å². The second-order valence-corrected chi connectivity index (χ2v) is 10.3. The summed E-state index contributed by atoms with van der Waals surface area (Å²) in [5.41, 5.74) is -2.33. The van der Waals surface area contributed by atoms with E-state index in [2.05, 4.69) is 4.31 Å². The second-order valence-electron chi connectivity index (χ2n) is 8.11. The molecule has 0 amide bonds. The third-order valence-electron chi connectivity index (χ3n) is 6.36. The molecule has 2 rings (SSSR count). The summed E-state index contributed by atoms with van der Waals surface area (Å²) in [7, 11) is -7.84. The molecule has 0 bridgehead atoms. The molecule has 0 aromatic heterocycles. The van der Waals surface area contributed by atoms with E-state index in [1.54, 1.807) is 0 Å². The van der Waals surface area contributed by atoms with Crippen LogP contribution < -0.4 is 0 Å². The average Bonchev–Trinajstić information content (AvgIpc) is 2.75. The van der Waals surface area contributed by atoms with Gasteiger partial charge in [0.2, 0.25) is 0 Å². The van der Waals surface area contributed by atoms with E-state index >= 15 is 0 Å². The molecule has 194 valence electrons. The Hall–Kier alpha value is 0.810. The van der Waals surface area contributed by atoms with E-state index in [0.29, 0.717) is 0 Å². The number of hydrogen-bond acceptors (Lipinski definition) is 12. The third kappa shape index (κ3) is 10.6. The van der Waals surface area contributed by atoms with Crippen molar-refractivity contribution in [1.29, 1.82) is 0 Å². The van der Waals surface area contributed by atoms with Crippen molar-refractivity contribution in [3.8, 4) is 0 Å². The zero-order chi connectivity index (χ0) is 24.8. The first-order valence-corrected chi connectivity index (χ1v) is 14.0. The highest BCUT2D eigenvalue weighted by Crippen LogP contribution is 2.51. The Morgan fingerprint density at radius 3 is 1.06 bits per heavy atom. The number of aliphatic hydroxyl groups excluding tert-OH is 3. The van der Waals surface area contributed by atoms with Gasteiger partial charge < -0.3 is 54.7 Å². The molecule has 0 atom stereocenters. The van der Waals surface area contributed by atoms with Crippen LogP contribution in [-0.4, -0.2) is 80.1 Å². The lowest BCUT2D eigenvalue weighted by atomic mass is 9.55. The van der Waals surface area contributed by atoms with Crippen LogP contribution in [0.5, 0.6) is 0 Å². The number of hydrogen-bond donors (Lipinski definition) is 11. The molecule has 0 radical (unpaired) electrons. The summed E-state index contributed by atoms with van der Waals surface area (Å²) >= 11 is 0. The normalized spacial score (nSPS) is 18.9. The molecule has 0 saturated heterocycles. The Kier molecular flexibility index (Phi) is 17.7. The fourth-order valence-corrected chi connectivity index (χ4v) is 5.40. The predicted octanol–water partition coefficient (Wildman–Crippen LogP) is 0.458. The van der Waals surface area contributed by atoms with Gasteiger partial charge in [-0.3, -0.25) is 0 Å². The summed E-state index contributed by atoms with van der Waals surface area (Å²) < 4.78 is 3.60. The van der Waals surface area contributed by atoms with Gasteiger partial charge in [-0.05, 0) is 37.5 Å². The van der Waals surface area contributed by atoms with Crippen molar-refractivity contribution in [2.45, 2.75) is 69.8 Å². The Morgan fingerprint density at radius 1 is 0.594 bits per heavy atom. The maximum absolute atomic E-state index is 11.7. The first-order chi connectivity index (χ1) is 15.0. The van der Waals surface area contributed by atoms with Crippen LogP contribution in [0.25, 0.3) is 0 Å². The molecule has 12 nitrogen and oxygen atoms in total. The molecule has 0 aromatic rings. The Balaban J connectivity index is 0.000000728. The fourth-order valence-electron chi connectivity index (χ4n) is 4.88. The van der Waals surface area contributed by atoms with Gasteiger partial charge in [0.25, 0.3) is 0 Å². The number of rotatable bonds is 8. The van der Waals surface area contributed by atoms with Gasteiger partial charge >= 0.3 is 25.8 Å². The monoisotopic (exact) mass is 528 g/mol. The molecule has 2 fully saturated rings. The first-order valence-electron chi connectivity index (χ1n) is 10.5. The molecule has 0 spiro atoms. The summed E-state index contributed by atoms with van der Waals surface area (Å²) in [4.78, 5) is 53.0. The van der Waals surface area contributed by atoms with E-state index < -0.39 is 36.8 Å². The Bertz CT molecular complexity index is 421. The minimum atomic E-state index is -2.62. The van der Waals surface area contributed by atoms with Gasteiger partial charge in [-0.1, -0.05) is 38.5 Å². The van der Waals surface area contributed by atoms with E-state index in [9.17, 15) is 20.4 Å². The van der Waals surface area contributed by atoms with Crippen molar-refractivity contribution in [2.75, 3.05) is 19.8 Å². The van der Waals surface area contributed by atoms with Crippen LogP contribution in [-0.2, 0) is 4.31 Å². The van der Waals surface area contributed by atoms with Crippen LogP contribution in [0.3, 0.4) is 0 Å². The van der Waals surface area contributed by atoms with Crippen LogP contribution >= 0.6 is 25.8 Å². The van der Waals surface area contributed by atoms with Crippen molar-refractivity contribution < 1.29 is 59.0 Å². The van der Waals surface area contributed by atoms with Gasteiger partial charge in [0.15, 0.2) is 0 Å². The summed E-state index contributed by atoms with van der Waals surface area (Å²) in [6, 6.07) is 0. The van der Waals surface area contributed by atoms with Crippen molar-refractivity contribution in [1.82, 2.24) is 0 Å². The maximum atomic E-state index is 11.7. The molecule has 2 saturated carbocycles. The van der Waals surface area contributed by atoms with Gasteiger partial charge in [0, 0.05) is 0 Å². The molecule has 0 aromatic carbocycles. The van der Waals surface area contributed by atoms with E-state index in [0.717, 1.165) is 51.4 Å². The molecular weight excluding hydrogens is 489 g/mol. The second kappa shape index (κ2) is 17.3. The van der Waals surface area contributed by atoms with Crippen LogP contribution in [0.2, 0.25) is 0 Å². The lowest BCUT2D eigenvalue weighted by molar-refractivity contribution is -0.220. The predicted molar refractivity (Wildman–Crippen MR) is 119 cm³/mol. The standard InChI is InChI=1S/C17H32O4.H4O5P2.H3O3P/c18-11-16(12-19,13-20)17(21,14-7-3-1-4-8-14)15-9-5-2-6-10-15;1-6(2)5-7(3)4;1-4(2)3/h14-15,18-21H,1-13H2;1-4H;1-3H. The molecule has 15 heteroatoms. The number of aliphatic hydroxyl groups is 4. The molecule has 2 aliphatic rings. The molecular formula is C17H39O12P3. The first kappa shape index (κ1) is 32.8.